The quantitative estimate of drug-likeness (QED) is 0.779. The van der Waals surface area contributed by atoms with Crippen LogP contribution in [0.1, 0.15) is 27.4 Å². The summed E-state index contributed by atoms with van der Waals surface area (Å²) in [4.78, 5) is 28.1. The topological polar surface area (TPSA) is 83.6 Å². The van der Waals surface area contributed by atoms with Crippen LogP contribution in [0.4, 0.5) is 5.69 Å². The number of nitrogens with zero attached hydrogens (tertiary/aromatic N) is 3. The maximum absolute atomic E-state index is 12.5. The molecule has 0 aliphatic rings. The monoisotopic (exact) mass is 307 g/mol. The normalized spacial score (nSPS) is 10.6. The third-order valence-electron chi connectivity index (χ3n) is 3.60. The first-order valence-electron chi connectivity index (χ1n) is 7.26. The van der Waals surface area contributed by atoms with E-state index < -0.39 is 0 Å². The van der Waals surface area contributed by atoms with Crippen molar-refractivity contribution in [1.82, 2.24) is 19.9 Å². The van der Waals surface area contributed by atoms with Gasteiger partial charge in [-0.3, -0.25) is 4.79 Å². The summed E-state index contributed by atoms with van der Waals surface area (Å²) in [5, 5.41) is 2.93. The first kappa shape index (κ1) is 14.9. The number of hydrogen-bond donors (Lipinski definition) is 2. The van der Waals surface area contributed by atoms with E-state index in [4.69, 9.17) is 0 Å². The van der Waals surface area contributed by atoms with Crippen LogP contribution in [0.5, 0.6) is 0 Å². The van der Waals surface area contributed by atoms with E-state index in [1.807, 2.05) is 25.1 Å². The van der Waals surface area contributed by atoms with Gasteiger partial charge in [-0.05, 0) is 32.4 Å². The highest BCUT2D eigenvalue weighted by molar-refractivity contribution is 6.05. The lowest BCUT2D eigenvalue weighted by Gasteiger charge is -2.11. The average Bonchev–Trinajstić information content (AvgIpc) is 3.03. The number of hydrogen-bond acceptors (Lipinski definition) is 4. The molecular weight excluding hydrogens is 290 g/mol. The molecule has 6 nitrogen and oxygen atoms in total. The number of aromatic nitrogens is 4. The Morgan fingerprint density at radius 2 is 2.00 bits per heavy atom. The second-order valence-electron chi connectivity index (χ2n) is 5.34. The van der Waals surface area contributed by atoms with E-state index in [2.05, 4.69) is 25.3 Å². The van der Waals surface area contributed by atoms with Crippen molar-refractivity contribution >= 4 is 11.6 Å². The molecule has 0 bridgehead atoms. The lowest BCUT2D eigenvalue weighted by Crippen LogP contribution is -2.15. The first-order chi connectivity index (χ1) is 11.0. The molecule has 0 spiro atoms. The van der Waals surface area contributed by atoms with E-state index in [1.54, 1.807) is 32.4 Å². The summed E-state index contributed by atoms with van der Waals surface area (Å²) in [5.41, 5.74) is 3.75. The second-order valence-corrected chi connectivity index (χ2v) is 5.34. The molecule has 2 heterocycles. The van der Waals surface area contributed by atoms with Gasteiger partial charge in [0.25, 0.3) is 5.91 Å². The summed E-state index contributed by atoms with van der Waals surface area (Å²) < 4.78 is 0. The van der Waals surface area contributed by atoms with Crippen molar-refractivity contribution in [3.63, 3.8) is 0 Å². The molecule has 23 heavy (non-hydrogen) atoms. The molecule has 6 heteroatoms. The molecule has 2 N–H and O–H groups in total. The number of rotatable bonds is 3. The number of imidazole rings is 1. The average molecular weight is 307 g/mol. The number of carbonyl (C=O) groups excluding carboxylic acids is 1. The predicted octanol–water partition coefficient (Wildman–Crippen LogP) is 3.04. The number of nitrogens with one attached hydrogen (secondary N) is 2. The van der Waals surface area contributed by atoms with E-state index >= 15 is 0 Å². The third-order valence-corrected chi connectivity index (χ3v) is 3.60. The van der Waals surface area contributed by atoms with Gasteiger partial charge in [0.15, 0.2) is 0 Å². The van der Waals surface area contributed by atoms with Crippen LogP contribution in [0.25, 0.3) is 11.4 Å². The number of anilines is 1. The van der Waals surface area contributed by atoms with Crippen LogP contribution in [0.3, 0.4) is 0 Å². The Kier molecular flexibility index (Phi) is 3.89. The summed E-state index contributed by atoms with van der Waals surface area (Å²) in [6, 6.07) is 5.81. The fourth-order valence-electron chi connectivity index (χ4n) is 2.32. The fraction of sp³-hybridized carbons (Fsp3) is 0.176. The van der Waals surface area contributed by atoms with Crippen LogP contribution in [0.2, 0.25) is 0 Å². The Balaban J connectivity index is 1.90. The first-order valence-corrected chi connectivity index (χ1v) is 7.26. The van der Waals surface area contributed by atoms with Gasteiger partial charge < -0.3 is 10.3 Å². The van der Waals surface area contributed by atoms with Gasteiger partial charge >= 0.3 is 0 Å². The van der Waals surface area contributed by atoms with Crippen LogP contribution in [0, 0.1) is 20.8 Å². The van der Waals surface area contributed by atoms with Gasteiger partial charge in [0, 0.05) is 29.8 Å². The summed E-state index contributed by atoms with van der Waals surface area (Å²) in [6.45, 7) is 5.54. The number of carbonyl (C=O) groups is 1. The molecule has 116 valence electrons. The van der Waals surface area contributed by atoms with Gasteiger partial charge in [-0.1, -0.05) is 12.1 Å². The third kappa shape index (κ3) is 3.11. The fourth-order valence-corrected chi connectivity index (χ4v) is 2.32. The minimum Gasteiger partial charge on any atom is -0.345 e. The van der Waals surface area contributed by atoms with Crippen molar-refractivity contribution in [3.8, 4) is 11.4 Å². The number of aromatic amines is 1. The zero-order valence-electron chi connectivity index (χ0n) is 13.2. The van der Waals surface area contributed by atoms with Gasteiger partial charge in [0.1, 0.15) is 11.6 Å². The van der Waals surface area contributed by atoms with Crippen LogP contribution in [-0.4, -0.2) is 25.8 Å². The van der Waals surface area contributed by atoms with Crippen LogP contribution < -0.4 is 5.32 Å². The molecule has 2 aromatic heterocycles. The molecule has 0 unspecified atom stereocenters. The number of aryl methyl sites for hydroxylation is 3. The maximum atomic E-state index is 12.5. The van der Waals surface area contributed by atoms with Gasteiger partial charge in [-0.2, -0.15) is 0 Å². The highest BCUT2D eigenvalue weighted by Crippen LogP contribution is 2.23. The largest absolute Gasteiger partial charge is 0.345 e. The Morgan fingerprint density at radius 3 is 2.70 bits per heavy atom. The SMILES string of the molecule is Cc1ncc(C(=O)Nc2cc(-c3ncc[nH]3)ccc2C)c(C)n1. The number of benzene rings is 1. The van der Waals surface area contributed by atoms with Gasteiger partial charge in [-0.25, -0.2) is 15.0 Å². The van der Waals surface area contributed by atoms with Crippen LogP contribution in [0.15, 0.2) is 36.8 Å². The Morgan fingerprint density at radius 1 is 1.17 bits per heavy atom. The van der Waals surface area contributed by atoms with Gasteiger partial charge in [0.05, 0.1) is 11.3 Å². The van der Waals surface area contributed by atoms with Crippen molar-refractivity contribution in [2.45, 2.75) is 20.8 Å². The zero-order chi connectivity index (χ0) is 16.4. The zero-order valence-corrected chi connectivity index (χ0v) is 13.2. The van der Waals surface area contributed by atoms with Crippen molar-refractivity contribution < 1.29 is 4.79 Å². The Bertz CT molecular complexity index is 855. The highest BCUT2D eigenvalue weighted by Gasteiger charge is 2.13. The molecule has 3 rings (SSSR count). The van der Waals surface area contributed by atoms with E-state index in [9.17, 15) is 4.79 Å². The molecule has 0 aliphatic heterocycles. The molecule has 0 aliphatic carbocycles. The van der Waals surface area contributed by atoms with E-state index in [0.717, 1.165) is 22.6 Å². The van der Waals surface area contributed by atoms with Crippen LogP contribution in [-0.2, 0) is 0 Å². The standard InChI is InChI=1S/C17H17N5O/c1-10-4-5-13(16-18-6-7-19-16)8-15(10)22-17(23)14-9-20-12(3)21-11(14)2/h4-9H,1-3H3,(H,18,19)(H,22,23). The minimum absolute atomic E-state index is 0.220. The van der Waals surface area contributed by atoms with Crippen molar-refractivity contribution in [2.75, 3.05) is 5.32 Å². The van der Waals surface area contributed by atoms with Crippen molar-refractivity contribution in [2.24, 2.45) is 0 Å². The predicted molar refractivity (Wildman–Crippen MR) is 88.2 cm³/mol. The van der Waals surface area contributed by atoms with Gasteiger partial charge in [-0.15, -0.1) is 0 Å². The number of H-pyrrole nitrogens is 1. The summed E-state index contributed by atoms with van der Waals surface area (Å²) in [6.07, 6.45) is 5.01. The Hall–Kier alpha value is -3.02. The molecule has 0 saturated heterocycles. The summed E-state index contributed by atoms with van der Waals surface area (Å²) >= 11 is 0. The molecule has 1 aromatic carbocycles. The lowest BCUT2D eigenvalue weighted by atomic mass is 10.1. The molecule has 3 aromatic rings. The second kappa shape index (κ2) is 6.00. The molecule has 0 atom stereocenters. The maximum Gasteiger partial charge on any atom is 0.259 e. The minimum atomic E-state index is -0.220. The molecule has 0 saturated carbocycles. The molecule has 0 fully saturated rings. The highest BCUT2D eigenvalue weighted by atomic mass is 16.1. The van der Waals surface area contributed by atoms with Gasteiger partial charge in [0.2, 0.25) is 0 Å². The smallest absolute Gasteiger partial charge is 0.259 e. The summed E-state index contributed by atoms with van der Waals surface area (Å²) in [5.74, 6) is 1.19. The van der Waals surface area contributed by atoms with E-state index in [0.29, 0.717) is 17.1 Å². The number of amides is 1. The van der Waals surface area contributed by atoms with E-state index in [1.165, 1.54) is 0 Å². The molecular formula is C17H17N5O. The summed E-state index contributed by atoms with van der Waals surface area (Å²) in [7, 11) is 0. The molecule has 1 amide bonds. The molecule has 0 radical (unpaired) electrons. The Labute approximate surface area is 134 Å². The van der Waals surface area contributed by atoms with E-state index in [-0.39, 0.29) is 5.91 Å². The van der Waals surface area contributed by atoms with Crippen molar-refractivity contribution in [1.29, 1.82) is 0 Å². The van der Waals surface area contributed by atoms with Crippen molar-refractivity contribution in [3.05, 3.63) is 59.4 Å². The van der Waals surface area contributed by atoms with Crippen LogP contribution >= 0.6 is 0 Å². The lowest BCUT2D eigenvalue weighted by molar-refractivity contribution is 0.102.